The Labute approximate surface area is 152 Å². The lowest BCUT2D eigenvalue weighted by atomic mass is 9.97. The van der Waals surface area contributed by atoms with E-state index in [1.54, 1.807) is 0 Å². The van der Waals surface area contributed by atoms with Gasteiger partial charge in [-0.3, -0.25) is 4.79 Å². The second kappa shape index (κ2) is 11.0. The first-order chi connectivity index (χ1) is 10.1. The number of quaternary nitrogens is 1. The summed E-state index contributed by atoms with van der Waals surface area (Å²) in [5.41, 5.74) is 1.05. The Balaban J connectivity index is 0.00000441. The van der Waals surface area contributed by atoms with Crippen LogP contribution in [0.2, 0.25) is 0 Å². The molecule has 1 rings (SSSR count). The van der Waals surface area contributed by atoms with Gasteiger partial charge < -0.3 is 33.2 Å². The second-order valence-electron chi connectivity index (χ2n) is 5.87. The van der Waals surface area contributed by atoms with Crippen molar-refractivity contribution >= 4 is 5.97 Å². The van der Waals surface area contributed by atoms with E-state index in [9.17, 15) is 4.79 Å². The minimum absolute atomic E-state index is 0. The van der Waals surface area contributed by atoms with E-state index in [1.807, 2.05) is 37.3 Å². The fourth-order valence-corrected chi connectivity index (χ4v) is 2.48. The van der Waals surface area contributed by atoms with Crippen LogP contribution in [-0.2, 0) is 9.53 Å². The maximum Gasteiger partial charge on any atom is 0.313 e. The van der Waals surface area contributed by atoms with E-state index in [4.69, 9.17) is 4.74 Å². The first kappa shape index (κ1) is 21.4. The molecule has 0 aromatic heterocycles. The third kappa shape index (κ3) is 6.65. The Morgan fingerprint density at radius 1 is 1.14 bits per heavy atom. The summed E-state index contributed by atoms with van der Waals surface area (Å²) in [4.78, 5) is 12.2. The number of hydrogen-bond acceptors (Lipinski definition) is 2. The average Bonchev–Trinajstić information content (AvgIpc) is 2.53. The number of rotatable bonds is 9. The van der Waals surface area contributed by atoms with E-state index in [-0.39, 0.29) is 35.9 Å². The molecule has 1 atom stereocenters. The monoisotopic (exact) mass is 419 g/mol. The molecular weight excluding hydrogens is 389 g/mol. The van der Waals surface area contributed by atoms with Crippen LogP contribution in [0.25, 0.3) is 0 Å². The van der Waals surface area contributed by atoms with Crippen LogP contribution in [-0.4, -0.2) is 43.7 Å². The molecule has 0 heterocycles. The van der Waals surface area contributed by atoms with Crippen LogP contribution in [0.4, 0.5) is 0 Å². The van der Waals surface area contributed by atoms with Gasteiger partial charge in [-0.1, -0.05) is 37.3 Å². The van der Waals surface area contributed by atoms with Gasteiger partial charge in [0.2, 0.25) is 0 Å². The summed E-state index contributed by atoms with van der Waals surface area (Å²) in [5.74, 6) is -0.227. The van der Waals surface area contributed by atoms with Crippen molar-refractivity contribution < 1.29 is 38.0 Å². The SMILES string of the molecule is CCC(C(=O)OCCC[N+](C)(CC)CC)c1ccccc1.[I-]. The summed E-state index contributed by atoms with van der Waals surface area (Å²) in [5, 5.41) is 0. The van der Waals surface area contributed by atoms with Gasteiger partial charge in [0.05, 0.1) is 39.2 Å². The Hall–Kier alpha value is -0.620. The van der Waals surface area contributed by atoms with Gasteiger partial charge in [0, 0.05) is 6.42 Å². The van der Waals surface area contributed by atoms with E-state index in [0.29, 0.717) is 6.61 Å². The molecule has 0 saturated carbocycles. The summed E-state index contributed by atoms with van der Waals surface area (Å²) >= 11 is 0. The number of esters is 1. The molecule has 0 spiro atoms. The molecule has 0 aliphatic heterocycles. The van der Waals surface area contributed by atoms with Crippen molar-refractivity contribution in [2.45, 2.75) is 39.5 Å². The number of halogens is 1. The zero-order chi connectivity index (χ0) is 15.7. The molecule has 0 radical (unpaired) electrons. The van der Waals surface area contributed by atoms with Crippen molar-refractivity contribution in [3.8, 4) is 0 Å². The summed E-state index contributed by atoms with van der Waals surface area (Å²) in [6.07, 6.45) is 1.70. The third-order valence-corrected chi connectivity index (χ3v) is 4.51. The Morgan fingerprint density at radius 2 is 1.73 bits per heavy atom. The van der Waals surface area contributed by atoms with Crippen molar-refractivity contribution in [1.29, 1.82) is 0 Å². The zero-order valence-corrected chi connectivity index (χ0v) is 16.5. The molecule has 0 aliphatic carbocycles. The van der Waals surface area contributed by atoms with Crippen LogP contribution in [0, 0.1) is 0 Å². The molecule has 0 amide bonds. The number of hydrogen-bond donors (Lipinski definition) is 0. The standard InChI is InChI=1S/C18H30NO2.HI/c1-5-17(16-12-9-8-10-13-16)18(20)21-15-11-14-19(4,6-2)7-3;/h8-10,12-13,17H,5-7,11,14-15H2,1-4H3;1H/q+1;/p-1. The lowest BCUT2D eigenvalue weighted by molar-refractivity contribution is -0.906. The maximum atomic E-state index is 12.2. The first-order valence-corrected chi connectivity index (χ1v) is 8.11. The number of carbonyl (C=O) groups excluding carboxylic acids is 1. The van der Waals surface area contributed by atoms with Crippen LogP contribution in [0.15, 0.2) is 30.3 Å². The molecule has 0 saturated heterocycles. The third-order valence-electron chi connectivity index (χ3n) is 4.51. The molecule has 4 heteroatoms. The van der Waals surface area contributed by atoms with E-state index >= 15 is 0 Å². The van der Waals surface area contributed by atoms with Crippen LogP contribution in [0.1, 0.15) is 45.1 Å². The molecule has 126 valence electrons. The largest absolute Gasteiger partial charge is 1.00 e. The number of benzene rings is 1. The topological polar surface area (TPSA) is 26.3 Å². The summed E-state index contributed by atoms with van der Waals surface area (Å²) < 4.78 is 6.52. The van der Waals surface area contributed by atoms with Gasteiger partial charge in [-0.25, -0.2) is 0 Å². The normalized spacial score (nSPS) is 12.4. The highest BCUT2D eigenvalue weighted by Crippen LogP contribution is 2.20. The lowest BCUT2D eigenvalue weighted by Crippen LogP contribution is -3.00. The predicted octanol–water partition coefficient (Wildman–Crippen LogP) is 0.604. The molecule has 22 heavy (non-hydrogen) atoms. The van der Waals surface area contributed by atoms with E-state index in [1.165, 1.54) is 0 Å². The lowest BCUT2D eigenvalue weighted by Gasteiger charge is -2.32. The highest BCUT2D eigenvalue weighted by molar-refractivity contribution is 5.78. The fraction of sp³-hybridized carbons (Fsp3) is 0.611. The quantitative estimate of drug-likeness (QED) is 0.254. The Morgan fingerprint density at radius 3 is 2.23 bits per heavy atom. The van der Waals surface area contributed by atoms with E-state index < -0.39 is 0 Å². The Bertz CT molecular complexity index is 418. The van der Waals surface area contributed by atoms with Gasteiger partial charge in [0.15, 0.2) is 0 Å². The minimum atomic E-state index is -0.135. The van der Waals surface area contributed by atoms with Gasteiger partial charge in [-0.2, -0.15) is 0 Å². The summed E-state index contributed by atoms with van der Waals surface area (Å²) in [6, 6.07) is 9.90. The van der Waals surface area contributed by atoms with E-state index in [2.05, 4.69) is 20.9 Å². The van der Waals surface area contributed by atoms with E-state index in [0.717, 1.165) is 42.5 Å². The van der Waals surface area contributed by atoms with Crippen molar-refractivity contribution in [3.63, 3.8) is 0 Å². The van der Waals surface area contributed by atoms with Crippen molar-refractivity contribution in [1.82, 2.24) is 0 Å². The fourth-order valence-electron chi connectivity index (χ4n) is 2.48. The van der Waals surface area contributed by atoms with Crippen molar-refractivity contribution in [3.05, 3.63) is 35.9 Å². The average molecular weight is 419 g/mol. The Kier molecular flexibility index (Phi) is 10.7. The van der Waals surface area contributed by atoms with Gasteiger partial charge in [-0.05, 0) is 25.8 Å². The van der Waals surface area contributed by atoms with Crippen LogP contribution >= 0.6 is 0 Å². The summed E-state index contributed by atoms with van der Waals surface area (Å²) in [7, 11) is 2.25. The molecule has 0 N–H and O–H groups in total. The molecule has 0 bridgehead atoms. The number of ether oxygens (including phenoxy) is 1. The molecule has 1 unspecified atom stereocenters. The highest BCUT2D eigenvalue weighted by atomic mass is 127. The predicted molar refractivity (Wildman–Crippen MR) is 87.2 cm³/mol. The second-order valence-corrected chi connectivity index (χ2v) is 5.87. The number of nitrogens with zero attached hydrogens (tertiary/aromatic N) is 1. The van der Waals surface area contributed by atoms with Gasteiger partial charge in [-0.15, -0.1) is 0 Å². The molecule has 1 aromatic rings. The van der Waals surface area contributed by atoms with Crippen LogP contribution in [0.3, 0.4) is 0 Å². The maximum absolute atomic E-state index is 12.2. The highest BCUT2D eigenvalue weighted by Gasteiger charge is 2.21. The van der Waals surface area contributed by atoms with Gasteiger partial charge >= 0.3 is 5.97 Å². The zero-order valence-electron chi connectivity index (χ0n) is 14.3. The van der Waals surface area contributed by atoms with Crippen LogP contribution < -0.4 is 24.0 Å². The molecule has 0 fully saturated rings. The molecule has 1 aromatic carbocycles. The van der Waals surface area contributed by atoms with Gasteiger partial charge in [0.1, 0.15) is 0 Å². The smallest absolute Gasteiger partial charge is 0.313 e. The van der Waals surface area contributed by atoms with Gasteiger partial charge in [0.25, 0.3) is 0 Å². The van der Waals surface area contributed by atoms with Crippen LogP contribution in [0.5, 0.6) is 0 Å². The summed E-state index contributed by atoms with van der Waals surface area (Å²) in [6.45, 7) is 10.3. The van der Waals surface area contributed by atoms with Crippen molar-refractivity contribution in [2.24, 2.45) is 0 Å². The molecule has 0 aliphatic rings. The first-order valence-electron chi connectivity index (χ1n) is 8.11. The minimum Gasteiger partial charge on any atom is -1.00 e. The molecular formula is C18H30INO2. The number of carbonyl (C=O) groups is 1. The van der Waals surface area contributed by atoms with Crippen molar-refractivity contribution in [2.75, 3.05) is 33.3 Å². The molecule has 3 nitrogen and oxygen atoms in total.